The first-order valence-corrected chi connectivity index (χ1v) is 6.75. The van der Waals surface area contributed by atoms with E-state index in [9.17, 15) is 0 Å². The van der Waals surface area contributed by atoms with E-state index in [-0.39, 0.29) is 0 Å². The molecule has 0 spiro atoms. The molecular formula is C14H20ClNO. The molecule has 3 heteroatoms. The van der Waals surface area contributed by atoms with Crippen LogP contribution in [0.4, 0.5) is 0 Å². The van der Waals surface area contributed by atoms with E-state index in [2.05, 4.69) is 11.4 Å². The molecule has 0 aliphatic heterocycles. The van der Waals surface area contributed by atoms with Gasteiger partial charge in [0, 0.05) is 24.8 Å². The summed E-state index contributed by atoms with van der Waals surface area (Å²) in [6.45, 7) is 3.72. The average molecular weight is 254 g/mol. The Kier molecular flexibility index (Phi) is 5.30. The van der Waals surface area contributed by atoms with Crippen LogP contribution in [0.15, 0.2) is 24.3 Å². The zero-order valence-electron chi connectivity index (χ0n) is 10.1. The molecule has 0 atom stereocenters. The second kappa shape index (κ2) is 7.00. The third-order valence-electron chi connectivity index (χ3n) is 2.91. The van der Waals surface area contributed by atoms with E-state index in [1.807, 2.05) is 18.2 Å². The predicted molar refractivity (Wildman–Crippen MR) is 71.3 cm³/mol. The summed E-state index contributed by atoms with van der Waals surface area (Å²) < 4.78 is 5.57. The first-order valence-electron chi connectivity index (χ1n) is 6.37. The molecule has 1 aromatic carbocycles. The number of benzene rings is 1. The van der Waals surface area contributed by atoms with Gasteiger partial charge in [-0.2, -0.15) is 0 Å². The lowest BCUT2D eigenvalue weighted by atomic mass is 10.2. The number of ether oxygens (including phenoxy) is 1. The lowest BCUT2D eigenvalue weighted by Gasteiger charge is -2.06. The molecule has 1 aromatic rings. The van der Waals surface area contributed by atoms with E-state index in [0.29, 0.717) is 0 Å². The summed E-state index contributed by atoms with van der Waals surface area (Å²) in [7, 11) is 0. The summed E-state index contributed by atoms with van der Waals surface area (Å²) in [6.07, 6.45) is 3.81. The van der Waals surface area contributed by atoms with Crippen molar-refractivity contribution in [3.8, 4) is 0 Å². The van der Waals surface area contributed by atoms with Crippen LogP contribution in [-0.4, -0.2) is 19.8 Å². The predicted octanol–water partition coefficient (Wildman–Crippen LogP) is 3.25. The van der Waals surface area contributed by atoms with Crippen molar-refractivity contribution in [3.63, 3.8) is 0 Å². The quantitative estimate of drug-likeness (QED) is 0.718. The minimum atomic E-state index is 0.803. The molecule has 1 fully saturated rings. The van der Waals surface area contributed by atoms with Crippen molar-refractivity contribution < 1.29 is 4.74 Å². The molecule has 0 amide bonds. The van der Waals surface area contributed by atoms with Gasteiger partial charge in [0.1, 0.15) is 0 Å². The van der Waals surface area contributed by atoms with Crippen molar-refractivity contribution in [2.24, 2.45) is 5.92 Å². The maximum Gasteiger partial charge on any atom is 0.0494 e. The molecule has 2 rings (SSSR count). The molecular weight excluding hydrogens is 234 g/mol. The van der Waals surface area contributed by atoms with Crippen molar-refractivity contribution in [1.29, 1.82) is 0 Å². The standard InChI is InChI=1S/C14H20ClNO/c15-14-4-1-3-13(9-14)10-16-7-2-8-17-11-12-5-6-12/h1,3-4,9,12,16H,2,5-8,10-11H2. The van der Waals surface area contributed by atoms with Gasteiger partial charge in [-0.1, -0.05) is 23.7 Å². The van der Waals surface area contributed by atoms with Crippen LogP contribution in [0.2, 0.25) is 5.02 Å². The molecule has 0 saturated heterocycles. The molecule has 1 saturated carbocycles. The van der Waals surface area contributed by atoms with Gasteiger partial charge in [-0.3, -0.25) is 0 Å². The van der Waals surface area contributed by atoms with Gasteiger partial charge in [-0.05, 0) is 49.4 Å². The van der Waals surface area contributed by atoms with E-state index in [4.69, 9.17) is 16.3 Å². The van der Waals surface area contributed by atoms with Gasteiger partial charge >= 0.3 is 0 Å². The molecule has 0 bridgehead atoms. The number of nitrogens with one attached hydrogen (secondary N) is 1. The van der Waals surface area contributed by atoms with Crippen LogP contribution in [0.25, 0.3) is 0 Å². The fourth-order valence-corrected chi connectivity index (χ4v) is 1.93. The molecule has 0 aromatic heterocycles. The highest BCUT2D eigenvalue weighted by molar-refractivity contribution is 6.30. The van der Waals surface area contributed by atoms with Crippen molar-refractivity contribution >= 4 is 11.6 Å². The smallest absolute Gasteiger partial charge is 0.0494 e. The maximum absolute atomic E-state index is 5.91. The third kappa shape index (κ3) is 5.53. The van der Waals surface area contributed by atoms with Gasteiger partial charge in [0.15, 0.2) is 0 Å². The Morgan fingerprint density at radius 1 is 1.35 bits per heavy atom. The lowest BCUT2D eigenvalue weighted by Crippen LogP contribution is -2.16. The largest absolute Gasteiger partial charge is 0.381 e. The summed E-state index contributed by atoms with van der Waals surface area (Å²) >= 11 is 5.91. The van der Waals surface area contributed by atoms with Gasteiger partial charge in [0.25, 0.3) is 0 Å². The molecule has 1 N–H and O–H groups in total. The van der Waals surface area contributed by atoms with Crippen LogP contribution in [-0.2, 0) is 11.3 Å². The van der Waals surface area contributed by atoms with Crippen molar-refractivity contribution in [1.82, 2.24) is 5.32 Å². The second-order valence-electron chi connectivity index (χ2n) is 4.68. The zero-order chi connectivity index (χ0) is 11.9. The lowest BCUT2D eigenvalue weighted by molar-refractivity contribution is 0.122. The monoisotopic (exact) mass is 253 g/mol. The maximum atomic E-state index is 5.91. The Labute approximate surface area is 108 Å². The molecule has 0 radical (unpaired) electrons. The van der Waals surface area contributed by atoms with Crippen molar-refractivity contribution in [2.45, 2.75) is 25.8 Å². The second-order valence-corrected chi connectivity index (χ2v) is 5.11. The highest BCUT2D eigenvalue weighted by Crippen LogP contribution is 2.28. The average Bonchev–Trinajstić information content (AvgIpc) is 3.12. The van der Waals surface area contributed by atoms with E-state index >= 15 is 0 Å². The van der Waals surface area contributed by atoms with E-state index in [1.165, 1.54) is 18.4 Å². The van der Waals surface area contributed by atoms with E-state index < -0.39 is 0 Å². The summed E-state index contributed by atoms with van der Waals surface area (Å²) in [5, 5.41) is 4.20. The summed E-state index contributed by atoms with van der Waals surface area (Å²) in [5.74, 6) is 0.870. The van der Waals surface area contributed by atoms with Crippen LogP contribution in [0.1, 0.15) is 24.8 Å². The van der Waals surface area contributed by atoms with Crippen LogP contribution < -0.4 is 5.32 Å². The van der Waals surface area contributed by atoms with Gasteiger partial charge in [0.05, 0.1) is 0 Å². The van der Waals surface area contributed by atoms with Crippen LogP contribution >= 0.6 is 11.6 Å². The Hall–Kier alpha value is -0.570. The Morgan fingerprint density at radius 2 is 2.24 bits per heavy atom. The SMILES string of the molecule is Clc1cccc(CNCCCOCC2CC2)c1. The van der Waals surface area contributed by atoms with E-state index in [0.717, 1.165) is 43.7 Å². The highest BCUT2D eigenvalue weighted by Gasteiger charge is 2.20. The molecule has 17 heavy (non-hydrogen) atoms. The third-order valence-corrected chi connectivity index (χ3v) is 3.15. The van der Waals surface area contributed by atoms with Crippen LogP contribution in [0.5, 0.6) is 0 Å². The van der Waals surface area contributed by atoms with Gasteiger partial charge in [-0.15, -0.1) is 0 Å². The Morgan fingerprint density at radius 3 is 3.00 bits per heavy atom. The number of rotatable bonds is 8. The zero-order valence-corrected chi connectivity index (χ0v) is 10.9. The fraction of sp³-hybridized carbons (Fsp3) is 0.571. The molecule has 0 unspecified atom stereocenters. The molecule has 0 heterocycles. The summed E-state index contributed by atoms with van der Waals surface area (Å²) in [5.41, 5.74) is 1.23. The molecule has 2 nitrogen and oxygen atoms in total. The van der Waals surface area contributed by atoms with Gasteiger partial charge in [0.2, 0.25) is 0 Å². The molecule has 1 aliphatic rings. The highest BCUT2D eigenvalue weighted by atomic mass is 35.5. The van der Waals surface area contributed by atoms with Crippen LogP contribution in [0.3, 0.4) is 0 Å². The van der Waals surface area contributed by atoms with Crippen LogP contribution in [0, 0.1) is 5.92 Å². The summed E-state index contributed by atoms with van der Waals surface area (Å²) in [6, 6.07) is 7.97. The normalized spacial score (nSPS) is 15.1. The van der Waals surface area contributed by atoms with Gasteiger partial charge in [-0.25, -0.2) is 0 Å². The Balaban J connectivity index is 1.47. The molecule has 94 valence electrons. The summed E-state index contributed by atoms with van der Waals surface area (Å²) in [4.78, 5) is 0. The Bertz CT molecular complexity index is 339. The number of halogens is 1. The van der Waals surface area contributed by atoms with Crippen molar-refractivity contribution in [2.75, 3.05) is 19.8 Å². The van der Waals surface area contributed by atoms with Gasteiger partial charge < -0.3 is 10.1 Å². The minimum absolute atomic E-state index is 0.803. The minimum Gasteiger partial charge on any atom is -0.381 e. The van der Waals surface area contributed by atoms with Crippen molar-refractivity contribution in [3.05, 3.63) is 34.9 Å². The fourth-order valence-electron chi connectivity index (χ4n) is 1.71. The number of hydrogen-bond acceptors (Lipinski definition) is 2. The molecule has 1 aliphatic carbocycles. The first kappa shape index (κ1) is 12.9. The number of hydrogen-bond donors (Lipinski definition) is 1. The first-order chi connectivity index (χ1) is 8.34. The van der Waals surface area contributed by atoms with E-state index in [1.54, 1.807) is 0 Å². The topological polar surface area (TPSA) is 21.3 Å².